The van der Waals surface area contributed by atoms with Crippen molar-refractivity contribution in [3.8, 4) is 6.07 Å². The second-order valence-corrected chi connectivity index (χ2v) is 7.35. The van der Waals surface area contributed by atoms with Gasteiger partial charge in [-0.2, -0.15) is 5.26 Å². The van der Waals surface area contributed by atoms with Crippen LogP contribution in [0.2, 0.25) is 0 Å². The zero-order valence-corrected chi connectivity index (χ0v) is 14.2. The van der Waals surface area contributed by atoms with Gasteiger partial charge in [0.15, 0.2) is 0 Å². The molecule has 4 nitrogen and oxygen atoms in total. The number of carbonyl (C=O) groups excluding carboxylic acids is 1. The fourth-order valence-corrected chi connectivity index (χ4v) is 1.78. The van der Waals surface area contributed by atoms with Crippen LogP contribution in [0.4, 0.5) is 5.69 Å². The highest BCUT2D eigenvalue weighted by Gasteiger charge is 2.17. The summed E-state index contributed by atoms with van der Waals surface area (Å²) in [5.41, 5.74) is 1.84. The minimum Gasteiger partial charge on any atom is -0.360 e. The highest BCUT2D eigenvalue weighted by atomic mass is 16.1. The maximum atomic E-state index is 12.0. The summed E-state index contributed by atoms with van der Waals surface area (Å²) in [7, 11) is 0. The van der Waals surface area contributed by atoms with Crippen LogP contribution >= 0.6 is 0 Å². The number of anilines is 1. The third kappa shape index (κ3) is 5.61. The summed E-state index contributed by atoms with van der Waals surface area (Å²) >= 11 is 0. The molecule has 0 fully saturated rings. The Balaban J connectivity index is 2.81. The maximum Gasteiger partial charge on any atom is 0.263 e. The summed E-state index contributed by atoms with van der Waals surface area (Å²) in [6.45, 7) is 12.1. The Morgan fingerprint density at radius 2 is 1.64 bits per heavy atom. The average molecular weight is 299 g/mol. The van der Waals surface area contributed by atoms with Crippen LogP contribution < -0.4 is 10.6 Å². The number of rotatable bonds is 3. The van der Waals surface area contributed by atoms with Crippen LogP contribution in [0, 0.1) is 11.3 Å². The van der Waals surface area contributed by atoms with E-state index in [0.717, 1.165) is 5.69 Å². The molecule has 0 aromatic heterocycles. The lowest BCUT2D eigenvalue weighted by Gasteiger charge is -2.20. The molecule has 22 heavy (non-hydrogen) atoms. The molecule has 0 aliphatic carbocycles. The Kier molecular flexibility index (Phi) is 5.38. The fraction of sp³-hybridized carbons (Fsp3) is 0.444. The molecule has 0 unspecified atom stereocenters. The monoisotopic (exact) mass is 299 g/mol. The summed E-state index contributed by atoms with van der Waals surface area (Å²) in [4.78, 5) is 12.0. The van der Waals surface area contributed by atoms with Crippen molar-refractivity contribution in [3.63, 3.8) is 0 Å². The highest BCUT2D eigenvalue weighted by Crippen LogP contribution is 2.23. The molecule has 4 heteroatoms. The predicted molar refractivity (Wildman–Crippen MR) is 90.4 cm³/mol. The second-order valence-electron chi connectivity index (χ2n) is 7.35. The normalized spacial score (nSPS) is 12.5. The number of carbonyl (C=O) groups is 1. The Morgan fingerprint density at radius 3 is 2.05 bits per heavy atom. The van der Waals surface area contributed by atoms with Crippen LogP contribution in [0.5, 0.6) is 0 Å². The second kappa shape index (κ2) is 6.65. The van der Waals surface area contributed by atoms with Crippen LogP contribution in [0.1, 0.15) is 47.1 Å². The standard InChI is InChI=1S/C18H25N3O/c1-17(2,3)14-7-9-15(10-8-14)20-12-13(11-19)16(22)21-18(4,5)6/h7-10,12,20H,1-6H3,(H,21,22)/b13-12-. The van der Waals surface area contributed by atoms with Gasteiger partial charge >= 0.3 is 0 Å². The van der Waals surface area contributed by atoms with Crippen molar-refractivity contribution in [1.82, 2.24) is 5.32 Å². The molecular weight excluding hydrogens is 274 g/mol. The lowest BCUT2D eigenvalue weighted by molar-refractivity contribution is -0.118. The van der Waals surface area contributed by atoms with E-state index in [1.54, 1.807) is 0 Å². The van der Waals surface area contributed by atoms with Gasteiger partial charge in [0.05, 0.1) is 0 Å². The van der Waals surface area contributed by atoms with Crippen LogP contribution in [-0.2, 0) is 10.2 Å². The van der Waals surface area contributed by atoms with Crippen molar-refractivity contribution >= 4 is 11.6 Å². The van der Waals surface area contributed by atoms with E-state index in [9.17, 15) is 4.79 Å². The smallest absolute Gasteiger partial charge is 0.263 e. The molecule has 1 amide bonds. The average Bonchev–Trinajstić information content (AvgIpc) is 2.37. The van der Waals surface area contributed by atoms with E-state index in [1.165, 1.54) is 11.8 Å². The lowest BCUT2D eigenvalue weighted by Crippen LogP contribution is -2.41. The van der Waals surface area contributed by atoms with E-state index in [0.29, 0.717) is 0 Å². The molecule has 0 bridgehead atoms. The van der Waals surface area contributed by atoms with Gasteiger partial charge < -0.3 is 10.6 Å². The molecule has 0 spiro atoms. The molecule has 1 rings (SSSR count). The van der Waals surface area contributed by atoms with Crippen LogP contribution in [0.3, 0.4) is 0 Å². The van der Waals surface area contributed by atoms with Crippen molar-refractivity contribution < 1.29 is 4.79 Å². The molecule has 1 aromatic carbocycles. The Labute approximate surface area is 133 Å². The number of benzene rings is 1. The number of hydrogen-bond acceptors (Lipinski definition) is 3. The van der Waals surface area contributed by atoms with E-state index in [2.05, 4.69) is 31.4 Å². The molecule has 0 saturated carbocycles. The molecule has 2 N–H and O–H groups in total. The number of nitrogens with one attached hydrogen (secondary N) is 2. The van der Waals surface area contributed by atoms with Crippen molar-refractivity contribution in [3.05, 3.63) is 41.6 Å². The number of nitriles is 1. The quantitative estimate of drug-likeness (QED) is 0.660. The van der Waals surface area contributed by atoms with Crippen molar-refractivity contribution in [2.24, 2.45) is 0 Å². The highest BCUT2D eigenvalue weighted by molar-refractivity contribution is 5.97. The first-order valence-corrected chi connectivity index (χ1v) is 7.33. The van der Waals surface area contributed by atoms with Crippen molar-refractivity contribution in [1.29, 1.82) is 5.26 Å². The van der Waals surface area contributed by atoms with Crippen LogP contribution in [0.15, 0.2) is 36.0 Å². The van der Waals surface area contributed by atoms with Crippen molar-refractivity contribution in [2.75, 3.05) is 5.32 Å². The molecule has 0 aliphatic heterocycles. The SMILES string of the molecule is CC(C)(C)NC(=O)/C(C#N)=C\Nc1ccc(C(C)(C)C)cc1. The molecular formula is C18H25N3O. The largest absolute Gasteiger partial charge is 0.360 e. The van der Waals surface area contributed by atoms with Gasteiger partial charge in [-0.3, -0.25) is 4.79 Å². The van der Waals surface area contributed by atoms with Crippen LogP contribution in [0.25, 0.3) is 0 Å². The zero-order chi connectivity index (χ0) is 17.0. The Hall–Kier alpha value is -2.28. The van der Waals surface area contributed by atoms with Gasteiger partial charge in [0, 0.05) is 17.4 Å². The first kappa shape index (κ1) is 17.8. The first-order chi connectivity index (χ1) is 10.0. The van der Waals surface area contributed by atoms with Gasteiger partial charge in [-0.15, -0.1) is 0 Å². The summed E-state index contributed by atoms with van der Waals surface area (Å²) < 4.78 is 0. The van der Waals surface area contributed by atoms with Gasteiger partial charge in [0.1, 0.15) is 11.6 Å². The third-order valence-corrected chi connectivity index (χ3v) is 2.99. The summed E-state index contributed by atoms with van der Waals surface area (Å²) in [6, 6.07) is 9.87. The molecule has 0 atom stereocenters. The van der Waals surface area contributed by atoms with Gasteiger partial charge in [0.25, 0.3) is 5.91 Å². The maximum absolute atomic E-state index is 12.0. The summed E-state index contributed by atoms with van der Waals surface area (Å²) in [5.74, 6) is -0.381. The van der Waals surface area contributed by atoms with E-state index >= 15 is 0 Å². The Morgan fingerprint density at radius 1 is 1.09 bits per heavy atom. The molecule has 0 heterocycles. The Bertz CT molecular complexity index is 593. The van der Waals surface area contributed by atoms with Gasteiger partial charge in [-0.1, -0.05) is 32.9 Å². The zero-order valence-electron chi connectivity index (χ0n) is 14.2. The lowest BCUT2D eigenvalue weighted by atomic mass is 9.87. The van der Waals surface area contributed by atoms with Gasteiger partial charge in [-0.25, -0.2) is 0 Å². The van der Waals surface area contributed by atoms with Gasteiger partial charge in [0.2, 0.25) is 0 Å². The number of nitrogens with zero attached hydrogens (tertiary/aromatic N) is 1. The molecule has 0 radical (unpaired) electrons. The minimum absolute atomic E-state index is 0.0508. The third-order valence-electron chi connectivity index (χ3n) is 2.99. The number of amides is 1. The van der Waals surface area contributed by atoms with E-state index in [1.807, 2.05) is 51.1 Å². The molecule has 118 valence electrons. The topological polar surface area (TPSA) is 64.9 Å². The van der Waals surface area contributed by atoms with Gasteiger partial charge in [-0.05, 0) is 43.9 Å². The molecule has 0 saturated heterocycles. The molecule has 1 aromatic rings. The predicted octanol–water partition coefficient (Wildman–Crippen LogP) is 3.72. The van der Waals surface area contributed by atoms with Crippen molar-refractivity contribution in [2.45, 2.75) is 52.5 Å². The molecule has 0 aliphatic rings. The van der Waals surface area contributed by atoms with E-state index < -0.39 is 0 Å². The summed E-state index contributed by atoms with van der Waals surface area (Å²) in [5, 5.41) is 14.9. The first-order valence-electron chi connectivity index (χ1n) is 7.33. The fourth-order valence-electron chi connectivity index (χ4n) is 1.78. The minimum atomic E-state index is -0.381. The number of hydrogen-bond donors (Lipinski definition) is 2. The van der Waals surface area contributed by atoms with Crippen LogP contribution in [-0.4, -0.2) is 11.4 Å². The van der Waals surface area contributed by atoms with E-state index in [-0.39, 0.29) is 22.4 Å². The summed E-state index contributed by atoms with van der Waals surface area (Å²) in [6.07, 6.45) is 1.44. The van der Waals surface area contributed by atoms with E-state index in [4.69, 9.17) is 5.26 Å².